The lowest BCUT2D eigenvalue weighted by atomic mass is 9.84. The first-order valence-electron chi connectivity index (χ1n) is 7.04. The van der Waals surface area contributed by atoms with Crippen LogP contribution in [0, 0.1) is 11.3 Å². The van der Waals surface area contributed by atoms with E-state index in [4.69, 9.17) is 10.5 Å². The van der Waals surface area contributed by atoms with Gasteiger partial charge in [0.05, 0.1) is 12.2 Å². The van der Waals surface area contributed by atoms with E-state index in [0.717, 1.165) is 26.2 Å². The Hall–Kier alpha value is -0.120. The monoisotopic (exact) mass is 240 g/mol. The van der Waals surface area contributed by atoms with Crippen molar-refractivity contribution in [1.29, 1.82) is 0 Å². The van der Waals surface area contributed by atoms with Crippen LogP contribution in [-0.4, -0.2) is 43.3 Å². The molecule has 17 heavy (non-hydrogen) atoms. The van der Waals surface area contributed by atoms with Crippen LogP contribution < -0.4 is 5.73 Å². The predicted molar refractivity (Wildman–Crippen MR) is 71.0 cm³/mol. The minimum Gasteiger partial charge on any atom is -0.372 e. The van der Waals surface area contributed by atoms with Crippen LogP contribution >= 0.6 is 0 Å². The third-order valence-corrected chi connectivity index (χ3v) is 3.87. The first-order chi connectivity index (χ1) is 7.96. The van der Waals surface area contributed by atoms with Crippen molar-refractivity contribution in [3.63, 3.8) is 0 Å². The molecule has 2 bridgehead atoms. The Bertz CT molecular complexity index is 237. The lowest BCUT2D eigenvalue weighted by Crippen LogP contribution is -2.46. The van der Waals surface area contributed by atoms with Gasteiger partial charge in [-0.25, -0.2) is 0 Å². The molecule has 0 aromatic carbocycles. The van der Waals surface area contributed by atoms with E-state index in [1.54, 1.807) is 0 Å². The van der Waals surface area contributed by atoms with E-state index >= 15 is 0 Å². The van der Waals surface area contributed by atoms with Gasteiger partial charge in [0.25, 0.3) is 0 Å². The molecule has 2 fully saturated rings. The molecule has 0 saturated carbocycles. The molecule has 0 spiro atoms. The zero-order chi connectivity index (χ0) is 12.5. The second kappa shape index (κ2) is 5.25. The number of nitrogens with zero attached hydrogens (tertiary/aromatic N) is 1. The third-order valence-electron chi connectivity index (χ3n) is 3.87. The molecule has 2 rings (SSSR count). The highest BCUT2D eigenvalue weighted by Gasteiger charge is 2.34. The molecule has 2 aliphatic heterocycles. The topological polar surface area (TPSA) is 38.5 Å². The number of likely N-dealkylation sites (tertiary alicyclic amines) is 1. The van der Waals surface area contributed by atoms with Crippen LogP contribution in [0.25, 0.3) is 0 Å². The summed E-state index contributed by atoms with van der Waals surface area (Å²) in [6.07, 6.45) is 4.74. The fourth-order valence-electron chi connectivity index (χ4n) is 3.30. The van der Waals surface area contributed by atoms with Gasteiger partial charge in [-0.1, -0.05) is 20.8 Å². The van der Waals surface area contributed by atoms with Crippen LogP contribution in [0.4, 0.5) is 0 Å². The van der Waals surface area contributed by atoms with Gasteiger partial charge in [-0.3, -0.25) is 4.90 Å². The Morgan fingerprint density at radius 3 is 2.29 bits per heavy atom. The van der Waals surface area contributed by atoms with Gasteiger partial charge in [-0.15, -0.1) is 0 Å². The highest BCUT2D eigenvalue weighted by atomic mass is 16.5. The molecule has 2 saturated heterocycles. The first kappa shape index (κ1) is 13.3. The maximum absolute atomic E-state index is 5.92. The second-order valence-corrected chi connectivity index (χ2v) is 7.04. The highest BCUT2D eigenvalue weighted by molar-refractivity contribution is 4.86. The van der Waals surface area contributed by atoms with Gasteiger partial charge < -0.3 is 10.5 Å². The van der Waals surface area contributed by atoms with Gasteiger partial charge in [0.1, 0.15) is 0 Å². The standard InChI is InChI=1S/C14H28N2O/c1-14(2,3)6-11(7-15)8-16-9-12-4-5-13(10-16)17-12/h11-13H,4-10,15H2,1-3H3. The zero-order valence-corrected chi connectivity index (χ0v) is 11.6. The summed E-state index contributed by atoms with van der Waals surface area (Å²) >= 11 is 0. The fraction of sp³-hybridized carbons (Fsp3) is 1.00. The minimum atomic E-state index is 0.384. The fourth-order valence-corrected chi connectivity index (χ4v) is 3.30. The van der Waals surface area contributed by atoms with Crippen LogP contribution in [0.1, 0.15) is 40.0 Å². The minimum absolute atomic E-state index is 0.384. The molecule has 3 heteroatoms. The highest BCUT2D eigenvalue weighted by Crippen LogP contribution is 2.29. The van der Waals surface area contributed by atoms with E-state index in [1.165, 1.54) is 19.3 Å². The summed E-state index contributed by atoms with van der Waals surface area (Å²) in [5, 5.41) is 0. The third kappa shape index (κ3) is 3.94. The molecule has 0 aromatic heterocycles. The molecule has 2 aliphatic rings. The predicted octanol–water partition coefficient (Wildman–Crippen LogP) is 1.86. The summed E-state index contributed by atoms with van der Waals surface area (Å²) in [6, 6.07) is 0. The van der Waals surface area contributed by atoms with Crippen LogP contribution in [0.2, 0.25) is 0 Å². The van der Waals surface area contributed by atoms with Crippen LogP contribution in [-0.2, 0) is 4.74 Å². The van der Waals surface area contributed by atoms with Crippen molar-refractivity contribution in [2.75, 3.05) is 26.2 Å². The molecule has 0 aromatic rings. The molecule has 100 valence electrons. The Morgan fingerprint density at radius 2 is 1.82 bits per heavy atom. The van der Waals surface area contributed by atoms with Crippen molar-refractivity contribution >= 4 is 0 Å². The van der Waals surface area contributed by atoms with Crippen LogP contribution in [0.5, 0.6) is 0 Å². The van der Waals surface area contributed by atoms with Gasteiger partial charge in [0.15, 0.2) is 0 Å². The van der Waals surface area contributed by atoms with Gasteiger partial charge >= 0.3 is 0 Å². The molecule has 2 heterocycles. The molecule has 3 nitrogen and oxygen atoms in total. The van der Waals surface area contributed by atoms with E-state index in [0.29, 0.717) is 23.5 Å². The van der Waals surface area contributed by atoms with Crippen molar-refractivity contribution < 1.29 is 4.74 Å². The summed E-state index contributed by atoms with van der Waals surface area (Å²) in [6.45, 7) is 11.1. The smallest absolute Gasteiger partial charge is 0.0707 e. The van der Waals surface area contributed by atoms with E-state index in [1.807, 2.05) is 0 Å². The number of hydrogen-bond acceptors (Lipinski definition) is 3. The summed E-state index contributed by atoms with van der Waals surface area (Å²) in [4.78, 5) is 2.58. The Morgan fingerprint density at radius 1 is 1.24 bits per heavy atom. The van der Waals surface area contributed by atoms with Gasteiger partial charge in [-0.2, -0.15) is 0 Å². The van der Waals surface area contributed by atoms with Crippen LogP contribution in [0.3, 0.4) is 0 Å². The van der Waals surface area contributed by atoms with Gasteiger partial charge in [0, 0.05) is 19.6 Å². The van der Waals surface area contributed by atoms with E-state index in [-0.39, 0.29) is 0 Å². The molecular formula is C14H28N2O. The number of nitrogens with two attached hydrogens (primary N) is 1. The van der Waals surface area contributed by atoms with Crippen molar-refractivity contribution in [1.82, 2.24) is 4.90 Å². The zero-order valence-electron chi connectivity index (χ0n) is 11.6. The second-order valence-electron chi connectivity index (χ2n) is 7.04. The normalized spacial score (nSPS) is 31.8. The molecule has 0 aliphatic carbocycles. The molecule has 2 N–H and O–H groups in total. The summed E-state index contributed by atoms with van der Waals surface area (Å²) in [7, 11) is 0. The number of hydrogen-bond donors (Lipinski definition) is 1. The van der Waals surface area contributed by atoms with E-state index < -0.39 is 0 Å². The average Bonchev–Trinajstić information content (AvgIpc) is 2.55. The Kier molecular flexibility index (Phi) is 4.11. The first-order valence-corrected chi connectivity index (χ1v) is 7.04. The SMILES string of the molecule is CC(C)(C)CC(CN)CN1CC2CCC(C1)O2. The van der Waals surface area contributed by atoms with Crippen molar-refractivity contribution in [3.05, 3.63) is 0 Å². The van der Waals surface area contributed by atoms with E-state index in [2.05, 4.69) is 25.7 Å². The Balaban J connectivity index is 1.82. The molecular weight excluding hydrogens is 212 g/mol. The maximum Gasteiger partial charge on any atom is 0.0707 e. The summed E-state index contributed by atoms with van der Waals surface area (Å²) in [5.74, 6) is 0.632. The quantitative estimate of drug-likeness (QED) is 0.815. The maximum atomic E-state index is 5.92. The summed E-state index contributed by atoms with van der Waals surface area (Å²) in [5.41, 5.74) is 6.31. The number of rotatable bonds is 4. The van der Waals surface area contributed by atoms with Crippen LogP contribution in [0.15, 0.2) is 0 Å². The number of ether oxygens (including phenoxy) is 1. The number of fused-ring (bicyclic) bond motifs is 2. The van der Waals surface area contributed by atoms with Crippen molar-refractivity contribution in [2.45, 2.75) is 52.2 Å². The molecule has 0 radical (unpaired) electrons. The molecule has 3 atom stereocenters. The van der Waals surface area contributed by atoms with Gasteiger partial charge in [0.2, 0.25) is 0 Å². The Labute approximate surface area is 106 Å². The lowest BCUT2D eigenvalue weighted by Gasteiger charge is -2.35. The average molecular weight is 240 g/mol. The van der Waals surface area contributed by atoms with Crippen molar-refractivity contribution in [2.24, 2.45) is 17.1 Å². The van der Waals surface area contributed by atoms with Gasteiger partial charge in [-0.05, 0) is 37.1 Å². The largest absolute Gasteiger partial charge is 0.372 e. The summed E-state index contributed by atoms with van der Waals surface area (Å²) < 4.78 is 5.87. The van der Waals surface area contributed by atoms with E-state index in [9.17, 15) is 0 Å². The molecule has 0 amide bonds. The number of morpholine rings is 1. The van der Waals surface area contributed by atoms with Crippen molar-refractivity contribution in [3.8, 4) is 0 Å². The lowest BCUT2D eigenvalue weighted by molar-refractivity contribution is -0.0434. The molecule has 3 unspecified atom stereocenters.